The van der Waals surface area contributed by atoms with Crippen molar-refractivity contribution in [2.45, 2.75) is 31.8 Å². The van der Waals surface area contributed by atoms with Crippen molar-refractivity contribution in [3.63, 3.8) is 0 Å². The summed E-state index contributed by atoms with van der Waals surface area (Å²) >= 11 is 0. The van der Waals surface area contributed by atoms with Gasteiger partial charge < -0.3 is 10.1 Å². The van der Waals surface area contributed by atoms with Crippen LogP contribution in [0.2, 0.25) is 0 Å². The molecule has 138 valence electrons. The van der Waals surface area contributed by atoms with E-state index in [0.29, 0.717) is 11.3 Å². The highest BCUT2D eigenvalue weighted by Gasteiger charge is 2.20. The molecular formula is C18H20N2O5S. The lowest BCUT2D eigenvalue weighted by molar-refractivity contribution is -0.123. The second kappa shape index (κ2) is 7.67. The quantitative estimate of drug-likeness (QED) is 0.776. The first-order valence-corrected chi connectivity index (χ1v) is 9.34. The van der Waals surface area contributed by atoms with Gasteiger partial charge in [-0.3, -0.25) is 4.79 Å². The Bertz CT molecular complexity index is 937. The van der Waals surface area contributed by atoms with E-state index in [-0.39, 0.29) is 4.90 Å². The molecule has 8 heteroatoms. The Balaban J connectivity index is 2.03. The van der Waals surface area contributed by atoms with Gasteiger partial charge in [0.15, 0.2) is 6.10 Å². The van der Waals surface area contributed by atoms with Crippen molar-refractivity contribution in [2.24, 2.45) is 5.14 Å². The Morgan fingerprint density at radius 1 is 1.08 bits per heavy atom. The minimum absolute atomic E-state index is 0.0649. The summed E-state index contributed by atoms with van der Waals surface area (Å²) in [7, 11) is -3.80. The van der Waals surface area contributed by atoms with Crippen LogP contribution < -0.4 is 10.5 Å². The molecule has 0 heterocycles. The van der Waals surface area contributed by atoms with Crippen molar-refractivity contribution < 1.29 is 22.7 Å². The van der Waals surface area contributed by atoms with Crippen LogP contribution in [0.4, 0.5) is 5.69 Å². The number of primary sulfonamides is 1. The van der Waals surface area contributed by atoms with Crippen LogP contribution in [0.5, 0.6) is 0 Å². The normalized spacial score (nSPS) is 12.3. The topological polar surface area (TPSA) is 116 Å². The highest BCUT2D eigenvalue weighted by molar-refractivity contribution is 7.89. The average molecular weight is 376 g/mol. The van der Waals surface area contributed by atoms with Crippen molar-refractivity contribution in [1.29, 1.82) is 0 Å². The molecule has 0 unspecified atom stereocenters. The lowest BCUT2D eigenvalue weighted by Gasteiger charge is -2.15. The van der Waals surface area contributed by atoms with Gasteiger partial charge in [-0.25, -0.2) is 18.4 Å². The number of esters is 1. The summed E-state index contributed by atoms with van der Waals surface area (Å²) in [6.07, 6.45) is -1.03. The van der Waals surface area contributed by atoms with Crippen LogP contribution in [0, 0.1) is 13.8 Å². The molecule has 1 amide bonds. The average Bonchev–Trinajstić information content (AvgIpc) is 2.56. The number of carbonyl (C=O) groups is 2. The fraction of sp³-hybridized carbons (Fsp3) is 0.222. The molecule has 0 aliphatic carbocycles. The smallest absolute Gasteiger partial charge is 0.339 e. The van der Waals surface area contributed by atoms with Crippen LogP contribution >= 0.6 is 0 Å². The lowest BCUT2D eigenvalue weighted by Crippen LogP contribution is -2.30. The number of aryl methyl sites for hydroxylation is 2. The summed E-state index contributed by atoms with van der Waals surface area (Å²) < 4.78 is 27.6. The second-order valence-corrected chi connectivity index (χ2v) is 7.49. The summed E-state index contributed by atoms with van der Waals surface area (Å²) in [6.45, 7) is 5.10. The van der Waals surface area contributed by atoms with Gasteiger partial charge in [0.2, 0.25) is 10.0 Å². The van der Waals surface area contributed by atoms with Gasteiger partial charge in [0.1, 0.15) is 0 Å². The Hall–Kier alpha value is -2.71. The largest absolute Gasteiger partial charge is 0.449 e. The molecule has 0 bridgehead atoms. The van der Waals surface area contributed by atoms with Crippen LogP contribution in [0.25, 0.3) is 0 Å². The molecule has 0 fully saturated rings. The number of hydrogen-bond acceptors (Lipinski definition) is 5. The zero-order chi connectivity index (χ0) is 19.5. The van der Waals surface area contributed by atoms with E-state index in [0.717, 1.165) is 11.1 Å². The van der Waals surface area contributed by atoms with E-state index in [1.165, 1.54) is 31.2 Å². The molecule has 2 aromatic rings. The van der Waals surface area contributed by atoms with Gasteiger partial charge in [0.05, 0.1) is 10.5 Å². The summed E-state index contributed by atoms with van der Waals surface area (Å²) in [4.78, 5) is 24.4. The molecule has 0 spiro atoms. The monoisotopic (exact) mass is 376 g/mol. The molecule has 3 N–H and O–H groups in total. The molecule has 2 aromatic carbocycles. The Kier molecular flexibility index (Phi) is 5.79. The minimum Gasteiger partial charge on any atom is -0.449 e. The third-order valence-electron chi connectivity index (χ3n) is 3.72. The van der Waals surface area contributed by atoms with Gasteiger partial charge in [-0.15, -0.1) is 0 Å². The first-order valence-electron chi connectivity index (χ1n) is 7.80. The molecule has 0 aromatic heterocycles. The van der Waals surface area contributed by atoms with Crippen LogP contribution in [0.3, 0.4) is 0 Å². The van der Waals surface area contributed by atoms with Crippen molar-refractivity contribution in [2.75, 3.05) is 5.32 Å². The molecule has 0 saturated carbocycles. The Labute approximate surface area is 152 Å². The van der Waals surface area contributed by atoms with Gasteiger partial charge in [-0.05, 0) is 56.7 Å². The zero-order valence-corrected chi connectivity index (χ0v) is 15.5. The number of benzene rings is 2. The molecule has 26 heavy (non-hydrogen) atoms. The lowest BCUT2D eigenvalue weighted by atomic mass is 10.1. The maximum atomic E-state index is 12.3. The second-order valence-electron chi connectivity index (χ2n) is 5.92. The maximum Gasteiger partial charge on any atom is 0.339 e. The predicted octanol–water partition coefficient (Wildman–Crippen LogP) is 2.13. The first kappa shape index (κ1) is 19.6. The van der Waals surface area contributed by atoms with E-state index in [1.807, 2.05) is 19.1 Å². The molecule has 0 aliphatic heterocycles. The van der Waals surface area contributed by atoms with E-state index in [1.54, 1.807) is 13.0 Å². The SMILES string of the molecule is Cc1ccc(C)c(C(=O)O[C@@H](C)C(=O)Nc2ccc(S(N)(=O)=O)cc2)c1. The van der Waals surface area contributed by atoms with Crippen molar-refractivity contribution in [3.05, 3.63) is 59.2 Å². The van der Waals surface area contributed by atoms with E-state index < -0.39 is 28.0 Å². The fourth-order valence-corrected chi connectivity index (χ4v) is 2.72. The van der Waals surface area contributed by atoms with Crippen LogP contribution in [-0.4, -0.2) is 26.4 Å². The number of nitrogens with two attached hydrogens (primary N) is 1. The number of carbonyl (C=O) groups excluding carboxylic acids is 2. The van der Waals surface area contributed by atoms with Crippen LogP contribution in [0.15, 0.2) is 47.4 Å². The highest BCUT2D eigenvalue weighted by atomic mass is 32.2. The van der Waals surface area contributed by atoms with E-state index in [9.17, 15) is 18.0 Å². The van der Waals surface area contributed by atoms with Gasteiger partial charge in [-0.1, -0.05) is 17.7 Å². The number of nitrogens with one attached hydrogen (secondary N) is 1. The van der Waals surface area contributed by atoms with E-state index in [2.05, 4.69) is 5.32 Å². The maximum absolute atomic E-state index is 12.3. The van der Waals surface area contributed by atoms with Gasteiger partial charge >= 0.3 is 5.97 Å². The third-order valence-corrected chi connectivity index (χ3v) is 4.65. The van der Waals surface area contributed by atoms with Crippen molar-refractivity contribution in [1.82, 2.24) is 0 Å². The summed E-state index contributed by atoms with van der Waals surface area (Å²) in [5, 5.41) is 7.57. The minimum atomic E-state index is -3.80. The molecule has 1 atom stereocenters. The Morgan fingerprint density at radius 3 is 2.27 bits per heavy atom. The number of sulfonamides is 1. The molecule has 7 nitrogen and oxygen atoms in total. The molecular weight excluding hydrogens is 356 g/mol. The van der Waals surface area contributed by atoms with E-state index >= 15 is 0 Å². The summed E-state index contributed by atoms with van der Waals surface area (Å²) in [6, 6.07) is 10.7. The van der Waals surface area contributed by atoms with Gasteiger partial charge in [-0.2, -0.15) is 0 Å². The fourth-order valence-electron chi connectivity index (χ4n) is 2.21. The number of amides is 1. The third kappa shape index (κ3) is 4.90. The highest BCUT2D eigenvalue weighted by Crippen LogP contribution is 2.15. The Morgan fingerprint density at radius 2 is 1.69 bits per heavy atom. The van der Waals surface area contributed by atoms with E-state index in [4.69, 9.17) is 9.88 Å². The standard InChI is InChI=1S/C18H20N2O5S/c1-11-4-5-12(2)16(10-11)18(22)25-13(3)17(21)20-14-6-8-15(9-7-14)26(19,23)24/h4-10,13H,1-3H3,(H,20,21)(H2,19,23,24)/t13-/m0/s1. The van der Waals surface area contributed by atoms with Crippen molar-refractivity contribution in [3.8, 4) is 0 Å². The van der Waals surface area contributed by atoms with Crippen molar-refractivity contribution >= 4 is 27.6 Å². The summed E-state index contributed by atoms with van der Waals surface area (Å²) in [5.41, 5.74) is 2.43. The zero-order valence-electron chi connectivity index (χ0n) is 14.6. The molecule has 0 radical (unpaired) electrons. The van der Waals surface area contributed by atoms with Gasteiger partial charge in [0, 0.05) is 5.69 Å². The molecule has 2 rings (SSSR count). The first-order chi connectivity index (χ1) is 12.1. The van der Waals surface area contributed by atoms with Crippen LogP contribution in [0.1, 0.15) is 28.4 Å². The number of anilines is 1. The van der Waals surface area contributed by atoms with Crippen LogP contribution in [-0.2, 0) is 19.6 Å². The number of hydrogen-bond donors (Lipinski definition) is 2. The van der Waals surface area contributed by atoms with Gasteiger partial charge in [0.25, 0.3) is 5.91 Å². The number of ether oxygens (including phenoxy) is 1. The summed E-state index contributed by atoms with van der Waals surface area (Å²) in [5.74, 6) is -1.12. The number of rotatable bonds is 5. The molecule has 0 aliphatic rings. The molecule has 0 saturated heterocycles. The predicted molar refractivity (Wildman–Crippen MR) is 97.2 cm³/mol.